The van der Waals surface area contributed by atoms with Crippen LogP contribution in [0.5, 0.6) is 0 Å². The predicted octanol–water partition coefficient (Wildman–Crippen LogP) is 2.27. The van der Waals surface area contributed by atoms with Gasteiger partial charge in [-0.2, -0.15) is 0 Å². The molecule has 1 aromatic heterocycles. The minimum absolute atomic E-state index is 0.164. The van der Waals surface area contributed by atoms with E-state index in [1.807, 2.05) is 19.9 Å². The van der Waals surface area contributed by atoms with Crippen LogP contribution in [-0.2, 0) is 13.0 Å². The summed E-state index contributed by atoms with van der Waals surface area (Å²) in [6.07, 6.45) is 0.937. The Bertz CT molecular complexity index is 601. The molecule has 1 aromatic carbocycles. The van der Waals surface area contributed by atoms with Crippen LogP contribution in [0.1, 0.15) is 22.8 Å². The number of nitrogens with zero attached hydrogens (tertiary/aromatic N) is 2. The summed E-state index contributed by atoms with van der Waals surface area (Å²) < 4.78 is 15.8. The lowest BCUT2D eigenvalue weighted by molar-refractivity contribution is 0.609. The average molecular weight is 245 g/mol. The van der Waals surface area contributed by atoms with Gasteiger partial charge in [-0.15, -0.1) is 0 Å². The molecule has 94 valence electrons. The first-order chi connectivity index (χ1) is 8.68. The summed E-state index contributed by atoms with van der Waals surface area (Å²) >= 11 is 0. The van der Waals surface area contributed by atoms with E-state index >= 15 is 0 Å². The van der Waals surface area contributed by atoms with E-state index in [1.165, 1.54) is 11.8 Å². The molecule has 0 saturated heterocycles. The van der Waals surface area contributed by atoms with Crippen molar-refractivity contribution in [2.45, 2.75) is 26.8 Å². The molecule has 1 aliphatic rings. The summed E-state index contributed by atoms with van der Waals surface area (Å²) in [5.41, 5.74) is 3.88. The van der Waals surface area contributed by atoms with Crippen LogP contribution in [0, 0.1) is 19.7 Å². The summed E-state index contributed by atoms with van der Waals surface area (Å²) in [4.78, 5) is 4.58. The molecule has 3 rings (SSSR count). The Hall–Kier alpha value is -1.68. The number of aromatic nitrogens is 2. The molecule has 0 unspecified atom stereocenters. The zero-order chi connectivity index (χ0) is 12.7. The highest BCUT2D eigenvalue weighted by Gasteiger charge is 2.20. The van der Waals surface area contributed by atoms with Crippen LogP contribution < -0.4 is 5.32 Å². The number of aryl methyl sites for hydroxylation is 1. The number of rotatable bonds is 1. The summed E-state index contributed by atoms with van der Waals surface area (Å²) in [6.45, 7) is 5.55. The van der Waals surface area contributed by atoms with Gasteiger partial charge in [-0.1, -0.05) is 6.07 Å². The lowest BCUT2D eigenvalue weighted by Crippen LogP contribution is -2.25. The standard InChI is InChI=1S/C14H16FN3/c1-9-11(15)4-3-5-13(9)18-10(2)17-12-8-16-7-6-14(12)18/h3-5,16H,6-8H2,1-2H3. The van der Waals surface area contributed by atoms with Gasteiger partial charge in [0.05, 0.1) is 11.4 Å². The molecule has 2 heterocycles. The minimum Gasteiger partial charge on any atom is -0.311 e. The number of benzene rings is 1. The van der Waals surface area contributed by atoms with Crippen molar-refractivity contribution >= 4 is 0 Å². The maximum Gasteiger partial charge on any atom is 0.128 e. The number of imidazole rings is 1. The fourth-order valence-electron chi connectivity index (χ4n) is 2.60. The number of hydrogen-bond acceptors (Lipinski definition) is 2. The van der Waals surface area contributed by atoms with Gasteiger partial charge in [-0.25, -0.2) is 9.37 Å². The van der Waals surface area contributed by atoms with Crippen LogP contribution in [0.25, 0.3) is 5.69 Å². The van der Waals surface area contributed by atoms with Gasteiger partial charge in [0, 0.05) is 30.8 Å². The quantitative estimate of drug-likeness (QED) is 0.835. The highest BCUT2D eigenvalue weighted by Crippen LogP contribution is 2.24. The van der Waals surface area contributed by atoms with Gasteiger partial charge in [-0.3, -0.25) is 0 Å². The van der Waals surface area contributed by atoms with Crippen LogP contribution >= 0.6 is 0 Å². The summed E-state index contributed by atoms with van der Waals surface area (Å²) in [6, 6.07) is 5.21. The molecular weight excluding hydrogens is 229 g/mol. The van der Waals surface area contributed by atoms with Gasteiger partial charge < -0.3 is 9.88 Å². The van der Waals surface area contributed by atoms with E-state index < -0.39 is 0 Å². The minimum atomic E-state index is -0.164. The third-order valence-corrected chi connectivity index (χ3v) is 3.53. The van der Waals surface area contributed by atoms with Crippen LogP contribution in [0.15, 0.2) is 18.2 Å². The first-order valence-corrected chi connectivity index (χ1v) is 6.22. The van der Waals surface area contributed by atoms with E-state index in [1.54, 1.807) is 6.07 Å². The van der Waals surface area contributed by atoms with E-state index in [-0.39, 0.29) is 5.82 Å². The molecule has 0 fully saturated rings. The summed E-state index contributed by atoms with van der Waals surface area (Å²) in [5, 5.41) is 3.31. The second kappa shape index (κ2) is 4.21. The molecule has 2 aromatic rings. The Labute approximate surface area is 106 Å². The highest BCUT2D eigenvalue weighted by atomic mass is 19.1. The van der Waals surface area contributed by atoms with Gasteiger partial charge in [0.15, 0.2) is 0 Å². The molecule has 0 saturated carbocycles. The number of fused-ring (bicyclic) bond motifs is 1. The third kappa shape index (κ3) is 1.64. The van der Waals surface area contributed by atoms with Crippen molar-refractivity contribution in [1.82, 2.24) is 14.9 Å². The number of halogens is 1. The molecular formula is C14H16FN3. The van der Waals surface area contributed by atoms with E-state index in [2.05, 4.69) is 14.9 Å². The largest absolute Gasteiger partial charge is 0.311 e. The molecule has 0 aliphatic carbocycles. The smallest absolute Gasteiger partial charge is 0.128 e. The predicted molar refractivity (Wildman–Crippen MR) is 68.4 cm³/mol. The Kier molecular flexibility index (Phi) is 2.67. The van der Waals surface area contributed by atoms with Gasteiger partial charge >= 0.3 is 0 Å². The molecule has 0 atom stereocenters. The van der Waals surface area contributed by atoms with Gasteiger partial charge in [-0.05, 0) is 26.0 Å². The number of hydrogen-bond donors (Lipinski definition) is 1. The van der Waals surface area contributed by atoms with Crippen molar-refractivity contribution in [3.8, 4) is 5.69 Å². The zero-order valence-electron chi connectivity index (χ0n) is 10.6. The van der Waals surface area contributed by atoms with Gasteiger partial charge in [0.1, 0.15) is 11.6 Å². The lowest BCUT2D eigenvalue weighted by atomic mass is 10.1. The van der Waals surface area contributed by atoms with Crippen LogP contribution in [0.3, 0.4) is 0 Å². The van der Waals surface area contributed by atoms with Crippen molar-refractivity contribution < 1.29 is 4.39 Å². The first kappa shape index (κ1) is 11.4. The highest BCUT2D eigenvalue weighted by molar-refractivity contribution is 5.45. The normalized spacial score (nSPS) is 14.6. The second-order valence-electron chi connectivity index (χ2n) is 4.70. The van der Waals surface area contributed by atoms with E-state index in [9.17, 15) is 4.39 Å². The molecule has 0 amide bonds. The van der Waals surface area contributed by atoms with E-state index in [4.69, 9.17) is 0 Å². The van der Waals surface area contributed by atoms with Crippen molar-refractivity contribution in [1.29, 1.82) is 0 Å². The average Bonchev–Trinajstić information content (AvgIpc) is 2.69. The van der Waals surface area contributed by atoms with Crippen LogP contribution in [0.4, 0.5) is 4.39 Å². The van der Waals surface area contributed by atoms with Gasteiger partial charge in [0.25, 0.3) is 0 Å². The molecule has 0 spiro atoms. The number of nitrogens with one attached hydrogen (secondary N) is 1. The maximum atomic E-state index is 13.7. The Balaban J connectivity index is 2.23. The van der Waals surface area contributed by atoms with Gasteiger partial charge in [0.2, 0.25) is 0 Å². The van der Waals surface area contributed by atoms with Crippen molar-refractivity contribution in [2.75, 3.05) is 6.54 Å². The molecule has 3 nitrogen and oxygen atoms in total. The third-order valence-electron chi connectivity index (χ3n) is 3.53. The zero-order valence-corrected chi connectivity index (χ0v) is 10.6. The SMILES string of the molecule is Cc1c(F)cccc1-n1c(C)nc2c1CCNC2. The van der Waals surface area contributed by atoms with Crippen molar-refractivity contribution in [2.24, 2.45) is 0 Å². The van der Waals surface area contributed by atoms with E-state index in [0.717, 1.165) is 36.7 Å². The topological polar surface area (TPSA) is 29.9 Å². The maximum absolute atomic E-state index is 13.7. The molecule has 18 heavy (non-hydrogen) atoms. The first-order valence-electron chi connectivity index (χ1n) is 6.22. The monoisotopic (exact) mass is 245 g/mol. The lowest BCUT2D eigenvalue weighted by Gasteiger charge is -2.17. The fourth-order valence-corrected chi connectivity index (χ4v) is 2.60. The molecule has 4 heteroatoms. The van der Waals surface area contributed by atoms with Crippen molar-refractivity contribution in [3.05, 3.63) is 46.8 Å². The Morgan fingerprint density at radius 3 is 3.00 bits per heavy atom. The van der Waals surface area contributed by atoms with Crippen molar-refractivity contribution in [3.63, 3.8) is 0 Å². The molecule has 0 radical (unpaired) electrons. The summed E-state index contributed by atoms with van der Waals surface area (Å²) in [7, 11) is 0. The summed E-state index contributed by atoms with van der Waals surface area (Å²) in [5.74, 6) is 0.765. The van der Waals surface area contributed by atoms with Crippen LogP contribution in [-0.4, -0.2) is 16.1 Å². The Morgan fingerprint density at radius 2 is 2.17 bits per heavy atom. The molecule has 0 bridgehead atoms. The molecule has 1 N–H and O–H groups in total. The second-order valence-corrected chi connectivity index (χ2v) is 4.70. The Morgan fingerprint density at radius 1 is 1.33 bits per heavy atom. The molecule has 1 aliphatic heterocycles. The van der Waals surface area contributed by atoms with E-state index in [0.29, 0.717) is 5.56 Å². The van der Waals surface area contributed by atoms with Crippen LogP contribution in [0.2, 0.25) is 0 Å². The fraction of sp³-hybridized carbons (Fsp3) is 0.357.